The van der Waals surface area contributed by atoms with Gasteiger partial charge in [-0.15, -0.1) is 0 Å². The van der Waals surface area contributed by atoms with Crippen LogP contribution in [-0.4, -0.2) is 18.4 Å². The van der Waals surface area contributed by atoms with Gasteiger partial charge in [-0.2, -0.15) is 0 Å². The van der Waals surface area contributed by atoms with E-state index >= 15 is 0 Å². The molecule has 0 N–H and O–H groups in total. The second-order valence-corrected chi connectivity index (χ2v) is 4.10. The summed E-state index contributed by atoms with van der Waals surface area (Å²) in [6.45, 7) is 4.42. The molecule has 0 saturated carbocycles. The third kappa shape index (κ3) is 1.72. The minimum Gasteiger partial charge on any atom is -0.239 e. The Kier molecular flexibility index (Phi) is 2.42. The quantitative estimate of drug-likeness (QED) is 0.667. The first-order valence-electron chi connectivity index (χ1n) is 3.33. The van der Waals surface area contributed by atoms with E-state index in [-0.39, 0.29) is 5.69 Å². The number of rotatable bonds is 2. The zero-order valence-electron chi connectivity index (χ0n) is 6.86. The number of aryl methyl sites for hydroxylation is 1. The molecule has 0 fully saturated rings. The lowest BCUT2D eigenvalue weighted by Crippen LogP contribution is -2.05. The van der Waals surface area contributed by atoms with Crippen molar-refractivity contribution in [2.45, 2.75) is 11.9 Å². The molecule has 1 heterocycles. The molecule has 0 aliphatic rings. The molecule has 4 nitrogen and oxygen atoms in total. The summed E-state index contributed by atoms with van der Waals surface area (Å²) in [5, 5.41) is 0.0210. The van der Waals surface area contributed by atoms with Crippen LogP contribution in [0.1, 0.15) is 5.69 Å². The number of halogens is 1. The van der Waals surface area contributed by atoms with E-state index in [9.17, 15) is 12.8 Å². The van der Waals surface area contributed by atoms with E-state index < -0.39 is 20.7 Å². The molecule has 0 unspecified atom stereocenters. The first-order valence-corrected chi connectivity index (χ1v) is 4.88. The van der Waals surface area contributed by atoms with Gasteiger partial charge < -0.3 is 0 Å². The predicted octanol–water partition coefficient (Wildman–Crippen LogP) is 0.841. The Labute approximate surface area is 75.1 Å². The molecule has 0 amide bonds. The maximum atomic E-state index is 13.1. The Morgan fingerprint density at radius 1 is 1.54 bits per heavy atom. The monoisotopic (exact) mass is 202 g/mol. The Morgan fingerprint density at radius 2 is 2.15 bits per heavy atom. The van der Waals surface area contributed by atoms with Gasteiger partial charge in [0.1, 0.15) is 6.33 Å². The fourth-order valence-electron chi connectivity index (χ4n) is 0.713. The van der Waals surface area contributed by atoms with Crippen molar-refractivity contribution in [1.29, 1.82) is 0 Å². The molecule has 13 heavy (non-hydrogen) atoms. The summed E-state index contributed by atoms with van der Waals surface area (Å²) in [4.78, 5) is 6.84. The van der Waals surface area contributed by atoms with E-state index in [1.807, 2.05) is 0 Å². The van der Waals surface area contributed by atoms with Crippen molar-refractivity contribution in [1.82, 2.24) is 9.97 Å². The molecule has 70 valence electrons. The molecule has 0 bridgehead atoms. The van der Waals surface area contributed by atoms with Gasteiger partial charge in [-0.3, -0.25) is 0 Å². The average molecular weight is 202 g/mol. The highest BCUT2D eigenvalue weighted by molar-refractivity contribution is 7.94. The maximum absolute atomic E-state index is 13.1. The van der Waals surface area contributed by atoms with Crippen LogP contribution >= 0.6 is 0 Å². The molecule has 0 spiro atoms. The lowest BCUT2D eigenvalue weighted by atomic mass is 10.4. The number of aromatic nitrogens is 2. The summed E-state index contributed by atoms with van der Waals surface area (Å²) in [6.07, 6.45) is 0.995. The molecule has 6 heteroatoms. The highest BCUT2D eigenvalue weighted by Gasteiger charge is 2.18. The van der Waals surface area contributed by atoms with Gasteiger partial charge in [-0.05, 0) is 6.92 Å². The largest absolute Gasteiger partial charge is 0.239 e. The van der Waals surface area contributed by atoms with Crippen LogP contribution in [0.3, 0.4) is 0 Å². The molecule has 0 saturated heterocycles. The predicted molar refractivity (Wildman–Crippen MR) is 44.1 cm³/mol. The molecular formula is C7H7FN2O2S. The highest BCUT2D eigenvalue weighted by Crippen LogP contribution is 2.14. The minimum atomic E-state index is -3.81. The second-order valence-electron chi connectivity index (χ2n) is 2.29. The normalized spacial score (nSPS) is 11.2. The van der Waals surface area contributed by atoms with E-state index in [1.165, 1.54) is 6.92 Å². The van der Waals surface area contributed by atoms with Gasteiger partial charge in [0.25, 0.3) is 0 Å². The molecule has 0 atom stereocenters. The topological polar surface area (TPSA) is 59.9 Å². The summed E-state index contributed by atoms with van der Waals surface area (Å²) in [5.41, 5.74) is -0.00424. The Bertz CT molecular complexity index is 442. The van der Waals surface area contributed by atoms with Crippen LogP contribution in [0.25, 0.3) is 0 Å². The van der Waals surface area contributed by atoms with Crippen molar-refractivity contribution in [3.63, 3.8) is 0 Å². The molecule has 1 rings (SSSR count). The van der Waals surface area contributed by atoms with E-state index in [2.05, 4.69) is 16.5 Å². The summed E-state index contributed by atoms with van der Waals surface area (Å²) < 4.78 is 35.4. The lowest BCUT2D eigenvalue weighted by molar-refractivity contribution is 0.544. The first kappa shape index (κ1) is 9.79. The average Bonchev–Trinajstić information content (AvgIpc) is 2.09. The third-order valence-electron chi connectivity index (χ3n) is 1.42. The Hall–Kier alpha value is -1.30. The zero-order valence-corrected chi connectivity index (χ0v) is 7.68. The number of sulfone groups is 1. The lowest BCUT2D eigenvalue weighted by Gasteiger charge is -2.00. The van der Waals surface area contributed by atoms with Gasteiger partial charge >= 0.3 is 0 Å². The van der Waals surface area contributed by atoms with Gasteiger partial charge in [0, 0.05) is 5.41 Å². The fourth-order valence-corrected chi connectivity index (χ4v) is 1.46. The summed E-state index contributed by atoms with van der Waals surface area (Å²) in [6, 6.07) is 0. The van der Waals surface area contributed by atoms with Gasteiger partial charge in [0.2, 0.25) is 9.84 Å². The van der Waals surface area contributed by atoms with E-state index in [0.717, 1.165) is 6.33 Å². The van der Waals surface area contributed by atoms with Gasteiger partial charge in [0.15, 0.2) is 10.8 Å². The summed E-state index contributed by atoms with van der Waals surface area (Å²) in [7, 11) is -3.81. The van der Waals surface area contributed by atoms with Crippen molar-refractivity contribution in [3.8, 4) is 0 Å². The van der Waals surface area contributed by atoms with Crippen LogP contribution in [0, 0.1) is 12.7 Å². The van der Waals surface area contributed by atoms with Crippen molar-refractivity contribution < 1.29 is 12.8 Å². The van der Waals surface area contributed by atoms with Crippen molar-refractivity contribution in [2.75, 3.05) is 0 Å². The number of nitrogens with zero attached hydrogens (tertiary/aromatic N) is 2. The smallest absolute Gasteiger partial charge is 0.219 e. The van der Waals surface area contributed by atoms with Crippen molar-refractivity contribution >= 4 is 9.84 Å². The first-order chi connectivity index (χ1) is 5.99. The summed E-state index contributed by atoms with van der Waals surface area (Å²) in [5.74, 6) is -0.928. The van der Waals surface area contributed by atoms with Gasteiger partial charge in [-0.25, -0.2) is 22.8 Å². The number of hydrogen-bond acceptors (Lipinski definition) is 4. The fraction of sp³-hybridized carbons (Fsp3) is 0.143. The SMILES string of the molecule is C=CS(=O)(=O)c1ncnc(C)c1F. The molecular weight excluding hydrogens is 195 g/mol. The molecule has 1 aromatic rings. The molecule has 0 aromatic carbocycles. The second kappa shape index (κ2) is 3.21. The molecule has 0 radical (unpaired) electrons. The van der Waals surface area contributed by atoms with E-state index in [4.69, 9.17) is 0 Å². The molecule has 1 aromatic heterocycles. The molecule has 0 aliphatic carbocycles. The van der Waals surface area contributed by atoms with Crippen LogP contribution < -0.4 is 0 Å². The van der Waals surface area contributed by atoms with Crippen LogP contribution in [0.5, 0.6) is 0 Å². The van der Waals surface area contributed by atoms with Gasteiger partial charge in [-0.1, -0.05) is 6.58 Å². The summed E-state index contributed by atoms with van der Waals surface area (Å²) >= 11 is 0. The van der Waals surface area contributed by atoms with E-state index in [0.29, 0.717) is 5.41 Å². The maximum Gasteiger partial charge on any atom is 0.219 e. The standard InChI is InChI=1S/C7H7FN2O2S/c1-3-13(11,12)7-6(8)5(2)9-4-10-7/h3-4H,1H2,2H3. The van der Waals surface area contributed by atoms with Crippen molar-refractivity contribution in [2.24, 2.45) is 0 Å². The zero-order chi connectivity index (χ0) is 10.1. The van der Waals surface area contributed by atoms with Crippen LogP contribution in [0.4, 0.5) is 4.39 Å². The van der Waals surface area contributed by atoms with Gasteiger partial charge in [0.05, 0.1) is 5.69 Å². The van der Waals surface area contributed by atoms with E-state index in [1.54, 1.807) is 0 Å². The highest BCUT2D eigenvalue weighted by atomic mass is 32.2. The van der Waals surface area contributed by atoms with Crippen LogP contribution in [0.15, 0.2) is 23.3 Å². The van der Waals surface area contributed by atoms with Crippen LogP contribution in [-0.2, 0) is 9.84 Å². The Morgan fingerprint density at radius 3 is 2.69 bits per heavy atom. The Balaban J connectivity index is 3.49. The van der Waals surface area contributed by atoms with Crippen molar-refractivity contribution in [3.05, 3.63) is 29.8 Å². The number of hydrogen-bond donors (Lipinski definition) is 0. The molecule has 0 aliphatic heterocycles. The minimum absolute atomic E-state index is 0.00424. The third-order valence-corrected chi connectivity index (χ3v) is 2.68. The van der Waals surface area contributed by atoms with Crippen LogP contribution in [0.2, 0.25) is 0 Å².